The molecule has 0 amide bonds. The molecule has 0 radical (unpaired) electrons. The summed E-state index contributed by atoms with van der Waals surface area (Å²) in [5, 5.41) is 0. The van der Waals surface area contributed by atoms with E-state index < -0.39 is 8.65 Å². The van der Waals surface area contributed by atoms with Crippen molar-refractivity contribution in [1.29, 1.82) is 0 Å². The van der Waals surface area contributed by atoms with Gasteiger partial charge in [0.1, 0.15) is 8.65 Å². The molecule has 1 spiro atoms. The van der Waals surface area contributed by atoms with Crippen LogP contribution in [-0.2, 0) is 19.1 Å². The molecule has 108 valence electrons. The Balaban J connectivity index is 1.89. The van der Waals surface area contributed by atoms with Gasteiger partial charge in [0.05, 0.1) is 13.2 Å². The average Bonchev–Trinajstić information content (AvgIpc) is 2.25. The number of alkyl halides is 2. The van der Waals surface area contributed by atoms with Gasteiger partial charge in [-0.15, -0.1) is 0 Å². The van der Waals surface area contributed by atoms with Crippen LogP contribution in [0, 0.1) is 5.41 Å². The maximum Gasteiger partial charge on any atom is 0.322 e. The van der Waals surface area contributed by atoms with Crippen molar-refractivity contribution in [2.45, 2.75) is 48.2 Å². The average molecular weight is 398 g/mol. The maximum atomic E-state index is 11.8. The van der Waals surface area contributed by atoms with Crippen LogP contribution in [0.25, 0.3) is 0 Å². The minimum Gasteiger partial charge on any atom is -0.465 e. The summed E-state index contributed by atoms with van der Waals surface area (Å²) in [4.78, 5) is 23.6. The lowest BCUT2D eigenvalue weighted by molar-refractivity contribution is -0.164. The van der Waals surface area contributed by atoms with Gasteiger partial charge in [0.15, 0.2) is 0 Å². The molecule has 0 atom stereocenters. The van der Waals surface area contributed by atoms with Gasteiger partial charge in [0.25, 0.3) is 0 Å². The largest absolute Gasteiger partial charge is 0.465 e. The number of carbonyl (C=O) groups excluding carboxylic acids is 2. The Bertz CT molecular complexity index is 354. The van der Waals surface area contributed by atoms with Crippen molar-refractivity contribution in [3.63, 3.8) is 0 Å². The van der Waals surface area contributed by atoms with Crippen LogP contribution >= 0.6 is 31.9 Å². The van der Waals surface area contributed by atoms with Gasteiger partial charge in [0, 0.05) is 0 Å². The molecule has 2 aliphatic rings. The highest BCUT2D eigenvalue weighted by atomic mass is 79.9. The molecule has 4 nitrogen and oxygen atoms in total. The number of halogens is 2. The molecule has 6 heteroatoms. The molecule has 2 fully saturated rings. The Labute approximate surface area is 129 Å². The summed E-state index contributed by atoms with van der Waals surface area (Å²) >= 11 is 6.97. The van der Waals surface area contributed by atoms with E-state index in [-0.39, 0.29) is 17.4 Å². The molecule has 2 rings (SSSR count). The number of rotatable bonds is 4. The normalized spacial score (nSPS) is 40.2. The summed E-state index contributed by atoms with van der Waals surface area (Å²) in [6.07, 6.45) is 2.91. The number of ether oxygens (including phenoxy) is 2. The fraction of sp³-hybridized carbons (Fsp3) is 0.846. The van der Waals surface area contributed by atoms with Gasteiger partial charge in [-0.05, 0) is 44.9 Å². The molecule has 0 aromatic heterocycles. The van der Waals surface area contributed by atoms with E-state index in [0.29, 0.717) is 13.2 Å². The van der Waals surface area contributed by atoms with Crippen LogP contribution < -0.4 is 0 Å². The van der Waals surface area contributed by atoms with Crippen LogP contribution in [0.4, 0.5) is 0 Å². The molecule has 0 aliphatic heterocycles. The van der Waals surface area contributed by atoms with Gasteiger partial charge in [-0.1, -0.05) is 31.9 Å². The second-order valence-electron chi connectivity index (χ2n) is 5.58. The Morgan fingerprint density at radius 3 is 1.47 bits per heavy atom. The van der Waals surface area contributed by atoms with E-state index in [1.807, 2.05) is 0 Å². The summed E-state index contributed by atoms with van der Waals surface area (Å²) in [6.45, 7) is 4.39. The van der Waals surface area contributed by atoms with Gasteiger partial charge in [0.2, 0.25) is 0 Å². The third-order valence-corrected chi connectivity index (χ3v) is 5.67. The van der Waals surface area contributed by atoms with Crippen LogP contribution in [0.1, 0.15) is 39.5 Å². The highest BCUT2D eigenvalue weighted by Crippen LogP contribution is 2.69. The zero-order chi connectivity index (χ0) is 14.3. The highest BCUT2D eigenvalue weighted by molar-refractivity contribution is 9.10. The minimum absolute atomic E-state index is 0.0759. The van der Waals surface area contributed by atoms with Crippen molar-refractivity contribution < 1.29 is 19.1 Å². The van der Waals surface area contributed by atoms with Crippen LogP contribution in [0.2, 0.25) is 0 Å². The predicted molar refractivity (Wildman–Crippen MR) is 77.5 cm³/mol. The van der Waals surface area contributed by atoms with E-state index in [4.69, 9.17) is 9.47 Å². The molecule has 0 aromatic carbocycles. The van der Waals surface area contributed by atoms with Crippen molar-refractivity contribution in [3.8, 4) is 0 Å². The second-order valence-corrected chi connectivity index (χ2v) is 8.61. The number of hydrogen-bond donors (Lipinski definition) is 0. The van der Waals surface area contributed by atoms with E-state index in [2.05, 4.69) is 31.9 Å². The molecule has 0 bridgehead atoms. The first-order valence-corrected chi connectivity index (χ1v) is 8.10. The molecule has 0 aromatic rings. The summed E-state index contributed by atoms with van der Waals surface area (Å²) in [5.74, 6) is -0.382. The summed E-state index contributed by atoms with van der Waals surface area (Å²) in [5.41, 5.74) is 0.0759. The van der Waals surface area contributed by atoms with Gasteiger partial charge in [-0.3, -0.25) is 9.59 Å². The summed E-state index contributed by atoms with van der Waals surface area (Å²) < 4.78 is 9.02. The zero-order valence-electron chi connectivity index (χ0n) is 11.1. The highest BCUT2D eigenvalue weighted by Gasteiger charge is 2.69. The maximum absolute atomic E-state index is 11.8. The fourth-order valence-electron chi connectivity index (χ4n) is 3.33. The fourth-order valence-corrected chi connectivity index (χ4v) is 5.94. The summed E-state index contributed by atoms with van der Waals surface area (Å²) in [7, 11) is 0. The standard InChI is InChI=1S/C13H18Br2O4/c1-3-18-9(16)12(14)5-11(6-12)7-13(15,8-11)10(17)19-4-2/h3-8H2,1-2H3. The van der Waals surface area contributed by atoms with Crippen LogP contribution in [0.3, 0.4) is 0 Å². The van der Waals surface area contributed by atoms with E-state index in [0.717, 1.165) is 25.7 Å². The third kappa shape index (κ3) is 2.58. The predicted octanol–water partition coefficient (Wildman–Crippen LogP) is 2.95. The van der Waals surface area contributed by atoms with E-state index >= 15 is 0 Å². The Hall–Kier alpha value is -0.100. The first-order chi connectivity index (χ1) is 8.79. The zero-order valence-corrected chi connectivity index (χ0v) is 14.3. The van der Waals surface area contributed by atoms with Gasteiger partial charge in [-0.2, -0.15) is 0 Å². The van der Waals surface area contributed by atoms with Gasteiger partial charge in [-0.25, -0.2) is 0 Å². The van der Waals surface area contributed by atoms with E-state index in [1.165, 1.54) is 0 Å². The number of hydrogen-bond acceptors (Lipinski definition) is 4. The van der Waals surface area contributed by atoms with Crippen LogP contribution in [0.15, 0.2) is 0 Å². The Kier molecular flexibility index (Phi) is 4.04. The second kappa shape index (κ2) is 5.02. The number of carbonyl (C=O) groups is 2. The molecule has 0 heterocycles. The molecular weight excluding hydrogens is 380 g/mol. The number of esters is 2. The van der Waals surface area contributed by atoms with Crippen molar-refractivity contribution in [1.82, 2.24) is 0 Å². The van der Waals surface area contributed by atoms with E-state index in [1.54, 1.807) is 13.8 Å². The van der Waals surface area contributed by atoms with Crippen molar-refractivity contribution in [3.05, 3.63) is 0 Å². The quantitative estimate of drug-likeness (QED) is 0.540. The minimum atomic E-state index is -0.550. The third-order valence-electron chi connectivity index (χ3n) is 3.90. The van der Waals surface area contributed by atoms with E-state index in [9.17, 15) is 9.59 Å². The van der Waals surface area contributed by atoms with Crippen molar-refractivity contribution in [2.75, 3.05) is 13.2 Å². The van der Waals surface area contributed by atoms with Gasteiger partial charge < -0.3 is 9.47 Å². The monoisotopic (exact) mass is 396 g/mol. The lowest BCUT2D eigenvalue weighted by Crippen LogP contribution is -2.64. The molecule has 0 unspecified atom stereocenters. The van der Waals surface area contributed by atoms with Gasteiger partial charge >= 0.3 is 11.9 Å². The van der Waals surface area contributed by atoms with Crippen molar-refractivity contribution in [2.24, 2.45) is 5.41 Å². The summed E-state index contributed by atoms with van der Waals surface area (Å²) in [6, 6.07) is 0. The molecule has 0 saturated heterocycles. The van der Waals surface area contributed by atoms with Crippen LogP contribution in [-0.4, -0.2) is 33.8 Å². The first kappa shape index (κ1) is 15.3. The molecule has 2 saturated carbocycles. The lowest BCUT2D eigenvalue weighted by Gasteiger charge is -2.62. The van der Waals surface area contributed by atoms with Crippen molar-refractivity contribution >= 4 is 43.8 Å². The molecule has 19 heavy (non-hydrogen) atoms. The molecule has 2 aliphatic carbocycles. The Morgan fingerprint density at radius 2 is 1.21 bits per heavy atom. The first-order valence-electron chi connectivity index (χ1n) is 6.51. The topological polar surface area (TPSA) is 52.6 Å². The molecular formula is C13H18Br2O4. The molecule has 0 N–H and O–H groups in total. The lowest BCUT2D eigenvalue weighted by atomic mass is 9.48. The Morgan fingerprint density at radius 1 is 0.895 bits per heavy atom. The smallest absolute Gasteiger partial charge is 0.322 e. The van der Waals surface area contributed by atoms with Crippen LogP contribution in [0.5, 0.6) is 0 Å². The SMILES string of the molecule is CCOC(=O)C1(Br)CC2(C1)CC(Br)(C(=O)OCC)C2.